The second-order valence-electron chi connectivity index (χ2n) is 4.65. The molecule has 1 aromatic heterocycles. The van der Waals surface area contributed by atoms with Gasteiger partial charge in [0.1, 0.15) is 11.4 Å². The molecule has 0 saturated carbocycles. The highest BCUT2D eigenvalue weighted by molar-refractivity contribution is 5.95. The Kier molecular flexibility index (Phi) is 4.91. The van der Waals surface area contributed by atoms with E-state index in [1.807, 2.05) is 0 Å². The van der Waals surface area contributed by atoms with E-state index in [-0.39, 0.29) is 11.1 Å². The third-order valence-corrected chi connectivity index (χ3v) is 2.96. The number of carbonyl (C=O) groups excluding carboxylic acids is 1. The molecule has 0 spiro atoms. The van der Waals surface area contributed by atoms with E-state index in [0.717, 1.165) is 37.4 Å². The third kappa shape index (κ3) is 4.61. The molecule has 0 aliphatic heterocycles. The van der Waals surface area contributed by atoms with Gasteiger partial charge in [0.2, 0.25) is 0 Å². The second-order valence-corrected chi connectivity index (χ2v) is 4.65. The van der Waals surface area contributed by atoms with Gasteiger partial charge < -0.3 is 9.47 Å². The summed E-state index contributed by atoms with van der Waals surface area (Å²) in [6.07, 6.45) is -9.65. The Labute approximate surface area is 137 Å². The molecule has 0 aliphatic rings. The van der Waals surface area contributed by atoms with Gasteiger partial charge in [-0.25, -0.2) is 9.78 Å². The molecule has 2 rings (SSSR count). The summed E-state index contributed by atoms with van der Waals surface area (Å²) >= 11 is 0. The van der Waals surface area contributed by atoms with Gasteiger partial charge in [0, 0.05) is 5.56 Å². The number of alkyl halides is 6. The summed E-state index contributed by atoms with van der Waals surface area (Å²) in [7, 11) is 0.967. The van der Waals surface area contributed by atoms with Crippen molar-refractivity contribution in [3.63, 3.8) is 0 Å². The van der Waals surface area contributed by atoms with Gasteiger partial charge in [0.15, 0.2) is 5.69 Å². The molecule has 1 aromatic carbocycles. The maximum absolute atomic E-state index is 12.7. The molecule has 25 heavy (non-hydrogen) atoms. The van der Waals surface area contributed by atoms with E-state index in [9.17, 15) is 31.1 Å². The molecule has 134 valence electrons. The van der Waals surface area contributed by atoms with Crippen molar-refractivity contribution < 1.29 is 40.6 Å². The minimum atomic E-state index is -4.88. The maximum Gasteiger partial charge on any atom is 0.573 e. The van der Waals surface area contributed by atoms with E-state index >= 15 is 0 Å². The van der Waals surface area contributed by atoms with Crippen LogP contribution in [0, 0.1) is 0 Å². The number of hydrogen-bond donors (Lipinski definition) is 0. The highest BCUT2D eigenvalue weighted by atomic mass is 19.4. The summed E-state index contributed by atoms with van der Waals surface area (Å²) in [5, 5.41) is 0. The topological polar surface area (TPSA) is 48.4 Å². The first-order chi connectivity index (χ1) is 11.5. The van der Waals surface area contributed by atoms with Crippen molar-refractivity contribution >= 4 is 5.97 Å². The largest absolute Gasteiger partial charge is 0.573 e. The second kappa shape index (κ2) is 6.61. The summed E-state index contributed by atoms with van der Waals surface area (Å²) < 4.78 is 82.7. The van der Waals surface area contributed by atoms with E-state index in [4.69, 9.17) is 0 Å². The van der Waals surface area contributed by atoms with Crippen LogP contribution in [0.5, 0.6) is 5.75 Å². The molecular formula is C15H9F6NO3. The first-order valence-corrected chi connectivity index (χ1v) is 6.54. The number of halogens is 6. The predicted molar refractivity (Wildman–Crippen MR) is 72.7 cm³/mol. The molecule has 0 bridgehead atoms. The van der Waals surface area contributed by atoms with Crippen molar-refractivity contribution in [2.45, 2.75) is 12.5 Å². The van der Waals surface area contributed by atoms with Crippen molar-refractivity contribution in [1.82, 2.24) is 4.98 Å². The predicted octanol–water partition coefficient (Wildman–Crippen LogP) is 4.45. The molecule has 0 amide bonds. The molecule has 10 heteroatoms. The summed E-state index contributed by atoms with van der Waals surface area (Å²) in [6.45, 7) is 0. The van der Waals surface area contributed by atoms with Crippen LogP contribution >= 0.6 is 0 Å². The van der Waals surface area contributed by atoms with Gasteiger partial charge in [-0.05, 0) is 29.8 Å². The van der Waals surface area contributed by atoms with Crippen LogP contribution in [0.1, 0.15) is 16.2 Å². The zero-order valence-corrected chi connectivity index (χ0v) is 12.4. The number of ether oxygens (including phenoxy) is 2. The van der Waals surface area contributed by atoms with E-state index in [2.05, 4.69) is 14.5 Å². The van der Waals surface area contributed by atoms with Gasteiger partial charge in [0.25, 0.3) is 0 Å². The van der Waals surface area contributed by atoms with Crippen molar-refractivity contribution in [1.29, 1.82) is 0 Å². The SMILES string of the molecule is COC(=O)c1nc(C(F)(F)F)ccc1-c1ccc(OC(F)(F)F)cc1. The molecule has 0 radical (unpaired) electrons. The van der Waals surface area contributed by atoms with Crippen LogP contribution in [0.2, 0.25) is 0 Å². The molecule has 0 fully saturated rings. The summed E-state index contributed by atoms with van der Waals surface area (Å²) in [5.74, 6) is -1.63. The smallest absolute Gasteiger partial charge is 0.464 e. The van der Waals surface area contributed by atoms with Crippen LogP contribution in [0.15, 0.2) is 36.4 Å². The standard InChI is InChI=1S/C15H9F6NO3/c1-24-13(23)12-10(6-7-11(22-12)14(16,17)18)8-2-4-9(5-3-8)25-15(19,20)21/h2-7H,1H3. The number of nitrogens with zero attached hydrogens (tertiary/aromatic N) is 1. The molecule has 0 aliphatic carbocycles. The Morgan fingerprint density at radius 3 is 2.04 bits per heavy atom. The lowest BCUT2D eigenvalue weighted by atomic mass is 10.0. The van der Waals surface area contributed by atoms with Crippen molar-refractivity contribution in [2.24, 2.45) is 0 Å². The van der Waals surface area contributed by atoms with Crippen LogP contribution in [-0.4, -0.2) is 24.4 Å². The zero-order valence-electron chi connectivity index (χ0n) is 12.4. The molecule has 1 heterocycles. The van der Waals surface area contributed by atoms with E-state index < -0.39 is 35.6 Å². The Morgan fingerprint density at radius 1 is 0.960 bits per heavy atom. The third-order valence-electron chi connectivity index (χ3n) is 2.96. The van der Waals surface area contributed by atoms with Crippen LogP contribution in [0.25, 0.3) is 11.1 Å². The lowest BCUT2D eigenvalue weighted by Gasteiger charge is -2.12. The van der Waals surface area contributed by atoms with E-state index in [0.29, 0.717) is 6.07 Å². The molecule has 0 saturated heterocycles. The van der Waals surface area contributed by atoms with Crippen molar-refractivity contribution in [3.8, 4) is 16.9 Å². The fraction of sp³-hybridized carbons (Fsp3) is 0.200. The fourth-order valence-electron chi connectivity index (χ4n) is 1.94. The Morgan fingerprint density at radius 2 is 1.56 bits per heavy atom. The highest BCUT2D eigenvalue weighted by Gasteiger charge is 2.34. The average molecular weight is 365 g/mol. The zero-order chi connectivity index (χ0) is 18.8. The van der Waals surface area contributed by atoms with Crippen LogP contribution < -0.4 is 4.74 Å². The number of esters is 1. The fourth-order valence-corrected chi connectivity index (χ4v) is 1.94. The molecule has 0 atom stereocenters. The average Bonchev–Trinajstić information content (AvgIpc) is 2.52. The Hall–Kier alpha value is -2.78. The van der Waals surface area contributed by atoms with Crippen LogP contribution in [0.3, 0.4) is 0 Å². The van der Waals surface area contributed by atoms with Gasteiger partial charge in [-0.2, -0.15) is 13.2 Å². The number of methoxy groups -OCH3 is 1. The monoisotopic (exact) mass is 365 g/mol. The van der Waals surface area contributed by atoms with Crippen LogP contribution in [0.4, 0.5) is 26.3 Å². The minimum absolute atomic E-state index is 0.0293. The number of benzene rings is 1. The molecule has 0 unspecified atom stereocenters. The summed E-state index contributed by atoms with van der Waals surface area (Å²) in [5.41, 5.74) is -1.77. The Balaban J connectivity index is 2.46. The maximum atomic E-state index is 12.7. The first kappa shape index (κ1) is 18.6. The van der Waals surface area contributed by atoms with Gasteiger partial charge in [-0.1, -0.05) is 12.1 Å². The number of rotatable bonds is 3. The summed E-state index contributed by atoms with van der Waals surface area (Å²) in [6, 6.07) is 5.86. The number of carbonyl (C=O) groups is 1. The number of pyridine rings is 1. The van der Waals surface area contributed by atoms with Gasteiger partial charge >= 0.3 is 18.5 Å². The Bertz CT molecular complexity index is 768. The van der Waals surface area contributed by atoms with Crippen molar-refractivity contribution in [3.05, 3.63) is 47.8 Å². The quantitative estimate of drug-likeness (QED) is 0.596. The minimum Gasteiger partial charge on any atom is -0.464 e. The van der Waals surface area contributed by atoms with Gasteiger partial charge in [-0.3, -0.25) is 0 Å². The van der Waals surface area contributed by atoms with Crippen LogP contribution in [-0.2, 0) is 10.9 Å². The van der Waals surface area contributed by atoms with E-state index in [1.165, 1.54) is 0 Å². The first-order valence-electron chi connectivity index (χ1n) is 6.54. The lowest BCUT2D eigenvalue weighted by Crippen LogP contribution is -2.17. The molecule has 4 nitrogen and oxygen atoms in total. The normalized spacial score (nSPS) is 12.0. The molecule has 0 N–H and O–H groups in total. The number of hydrogen-bond acceptors (Lipinski definition) is 4. The highest BCUT2D eigenvalue weighted by Crippen LogP contribution is 2.32. The summed E-state index contributed by atoms with van der Waals surface area (Å²) in [4.78, 5) is 15.0. The molecular weight excluding hydrogens is 356 g/mol. The molecule has 2 aromatic rings. The van der Waals surface area contributed by atoms with Crippen molar-refractivity contribution in [2.75, 3.05) is 7.11 Å². The van der Waals surface area contributed by atoms with E-state index in [1.54, 1.807) is 0 Å². The number of aromatic nitrogens is 1. The van der Waals surface area contributed by atoms with Gasteiger partial charge in [0.05, 0.1) is 7.11 Å². The van der Waals surface area contributed by atoms with Gasteiger partial charge in [-0.15, -0.1) is 13.2 Å². The lowest BCUT2D eigenvalue weighted by molar-refractivity contribution is -0.274.